The average Bonchev–Trinajstić information content (AvgIpc) is 3.87. The van der Waals surface area contributed by atoms with Crippen molar-refractivity contribution in [2.45, 2.75) is 70.2 Å². The van der Waals surface area contributed by atoms with Crippen molar-refractivity contribution in [2.75, 3.05) is 13.2 Å². The van der Waals surface area contributed by atoms with E-state index in [0.29, 0.717) is 18.1 Å². The number of rotatable bonds is 13. The Labute approximate surface area is 279 Å². The van der Waals surface area contributed by atoms with Gasteiger partial charge in [0.15, 0.2) is 23.1 Å². The van der Waals surface area contributed by atoms with Crippen LogP contribution in [0.1, 0.15) is 48.6 Å². The second-order valence-corrected chi connectivity index (χ2v) is 11.7. The van der Waals surface area contributed by atoms with Crippen LogP contribution in [-0.4, -0.2) is 102 Å². The first kappa shape index (κ1) is 33.6. The summed E-state index contributed by atoms with van der Waals surface area (Å²) in [6.45, 7) is 3.70. The summed E-state index contributed by atoms with van der Waals surface area (Å²) >= 11 is 6.52. The molecule has 3 N–H and O–H groups in total. The van der Waals surface area contributed by atoms with Gasteiger partial charge < -0.3 is 23.5 Å². The third-order valence-electron chi connectivity index (χ3n) is 8.15. The van der Waals surface area contributed by atoms with Crippen molar-refractivity contribution in [3.63, 3.8) is 0 Å². The molecule has 48 heavy (non-hydrogen) atoms. The zero-order chi connectivity index (χ0) is 33.8. The number of nitrogens with one attached hydrogen (secondary N) is 1. The van der Waals surface area contributed by atoms with Crippen LogP contribution < -0.4 is 0 Å². The molecule has 254 valence electrons. The molecule has 0 bridgehead atoms. The molecule has 2 saturated heterocycles. The molecule has 2 aromatic heterocycles. The van der Waals surface area contributed by atoms with Gasteiger partial charge in [-0.05, 0) is 35.2 Å². The highest BCUT2D eigenvalue weighted by Gasteiger charge is 2.51. The quantitative estimate of drug-likeness (QED) is 0.137. The van der Waals surface area contributed by atoms with Crippen molar-refractivity contribution in [1.29, 1.82) is 0 Å². The standard InChI is InChI=1S/C31H34ClN7O9/c1-3-4-9-24-33-28(32)25(31(41)46-17(2)30(40)47-22-15-44-27-23(48-39(42)43)16-45-26(22)27)38(24)14-18-10-12-19(13-11-18)20-7-5-6-8-21(20)29-34-36-37-35-29/h5-8,10-13,17,22-23,26-27,42-43H,3-4,9,14-16H2,1-2H3,(H,34,35,36,37)/t17-,22-,23+,26+,27+/m0/s1. The highest BCUT2D eigenvalue weighted by molar-refractivity contribution is 6.32. The number of nitrogens with zero attached hydrogens (tertiary/aromatic N) is 6. The van der Waals surface area contributed by atoms with Crippen LogP contribution in [0, 0.1) is 0 Å². The van der Waals surface area contributed by atoms with E-state index < -0.39 is 47.8 Å². The highest BCUT2D eigenvalue weighted by Crippen LogP contribution is 2.32. The number of aromatic nitrogens is 6. The lowest BCUT2D eigenvalue weighted by molar-refractivity contribution is -0.507. The van der Waals surface area contributed by atoms with Crippen LogP contribution in [0.4, 0.5) is 0 Å². The Bertz CT molecular complexity index is 1720. The molecule has 2 aliphatic heterocycles. The summed E-state index contributed by atoms with van der Waals surface area (Å²) in [6.07, 6.45) is -2.00. The van der Waals surface area contributed by atoms with E-state index >= 15 is 0 Å². The van der Waals surface area contributed by atoms with Crippen molar-refractivity contribution in [2.24, 2.45) is 0 Å². The van der Waals surface area contributed by atoms with E-state index in [9.17, 15) is 9.59 Å². The van der Waals surface area contributed by atoms with Crippen LogP contribution in [0.15, 0.2) is 48.5 Å². The third kappa shape index (κ3) is 7.24. The number of aromatic amines is 1. The van der Waals surface area contributed by atoms with Crippen molar-refractivity contribution in [3.8, 4) is 22.5 Å². The van der Waals surface area contributed by atoms with E-state index in [2.05, 4.69) is 32.5 Å². The molecule has 0 radical (unpaired) electrons. The molecule has 17 heteroatoms. The minimum Gasteiger partial charge on any atom is -0.454 e. The number of carbonyl (C=O) groups excluding carboxylic acids is 2. The number of H-pyrrole nitrogens is 1. The van der Waals surface area contributed by atoms with Crippen LogP contribution in [0.2, 0.25) is 5.15 Å². The molecule has 5 atom stereocenters. The van der Waals surface area contributed by atoms with Gasteiger partial charge in [0, 0.05) is 18.5 Å². The topological polar surface area (TPSA) is 196 Å². The Morgan fingerprint density at radius 2 is 1.79 bits per heavy atom. The van der Waals surface area contributed by atoms with Crippen LogP contribution >= 0.6 is 11.6 Å². The van der Waals surface area contributed by atoms with E-state index in [1.54, 1.807) is 4.57 Å². The number of imidazole rings is 1. The van der Waals surface area contributed by atoms with Gasteiger partial charge in [0.1, 0.15) is 24.1 Å². The summed E-state index contributed by atoms with van der Waals surface area (Å²) in [7, 11) is 0. The van der Waals surface area contributed by atoms with Crippen LogP contribution in [0.25, 0.3) is 22.5 Å². The highest BCUT2D eigenvalue weighted by atomic mass is 35.5. The number of unbranched alkanes of at least 4 members (excludes halogenated alkanes) is 1. The van der Waals surface area contributed by atoms with Gasteiger partial charge in [-0.25, -0.2) is 19.4 Å². The average molecular weight is 684 g/mol. The molecular weight excluding hydrogens is 650 g/mol. The molecule has 0 aliphatic carbocycles. The number of aryl methyl sites for hydroxylation is 1. The Morgan fingerprint density at radius 1 is 1.08 bits per heavy atom. The molecule has 0 spiro atoms. The zero-order valence-electron chi connectivity index (χ0n) is 26.1. The fourth-order valence-corrected chi connectivity index (χ4v) is 6.06. The molecule has 2 fully saturated rings. The SMILES string of the molecule is CCCCc1nc(Cl)c(C(=O)O[C@@H](C)C(=O)O[C@H]2CO[C@H]3[C@@H]2OC[C@H]3ON(O)O)n1Cc1ccc(-c2ccccc2-c2nn[nH]n2)cc1. The molecule has 2 aromatic carbocycles. The zero-order valence-corrected chi connectivity index (χ0v) is 26.8. The molecule has 0 unspecified atom stereocenters. The Morgan fingerprint density at radius 3 is 2.48 bits per heavy atom. The van der Waals surface area contributed by atoms with E-state index in [1.165, 1.54) is 6.92 Å². The monoisotopic (exact) mass is 683 g/mol. The van der Waals surface area contributed by atoms with Gasteiger partial charge in [-0.1, -0.05) is 73.5 Å². The van der Waals surface area contributed by atoms with E-state index in [4.69, 9.17) is 45.8 Å². The van der Waals surface area contributed by atoms with E-state index in [1.807, 2.05) is 48.5 Å². The maximum Gasteiger partial charge on any atom is 0.359 e. The van der Waals surface area contributed by atoms with Crippen molar-refractivity contribution in [3.05, 3.63) is 70.8 Å². The molecule has 4 aromatic rings. The van der Waals surface area contributed by atoms with Gasteiger partial charge in [-0.15, -0.1) is 10.2 Å². The number of hydrogen-bond donors (Lipinski definition) is 3. The second-order valence-electron chi connectivity index (χ2n) is 11.4. The van der Waals surface area contributed by atoms with Gasteiger partial charge in [-0.3, -0.25) is 10.4 Å². The maximum atomic E-state index is 13.5. The van der Waals surface area contributed by atoms with Crippen molar-refractivity contribution < 1.29 is 43.8 Å². The van der Waals surface area contributed by atoms with E-state index in [-0.39, 0.29) is 30.6 Å². The summed E-state index contributed by atoms with van der Waals surface area (Å²) in [4.78, 5) is 35.8. The minimum absolute atomic E-state index is 0.00925. The number of fused-ring (bicyclic) bond motifs is 1. The number of tetrazole rings is 1. The summed E-state index contributed by atoms with van der Waals surface area (Å²) in [6, 6.07) is 15.6. The van der Waals surface area contributed by atoms with Crippen LogP contribution in [0.3, 0.4) is 0 Å². The van der Waals surface area contributed by atoms with E-state index in [0.717, 1.165) is 35.1 Å². The summed E-state index contributed by atoms with van der Waals surface area (Å²) in [5, 5.41) is 31.8. The largest absolute Gasteiger partial charge is 0.454 e. The third-order valence-corrected chi connectivity index (χ3v) is 8.41. The van der Waals surface area contributed by atoms with Crippen molar-refractivity contribution in [1.82, 2.24) is 35.6 Å². The summed E-state index contributed by atoms with van der Waals surface area (Å²) in [5.41, 5.74) is 3.60. The molecular formula is C31H34ClN7O9. The predicted molar refractivity (Wildman–Crippen MR) is 165 cm³/mol. The van der Waals surface area contributed by atoms with Gasteiger partial charge in [-0.2, -0.15) is 5.21 Å². The number of hydrogen-bond acceptors (Lipinski definition) is 14. The summed E-state index contributed by atoms with van der Waals surface area (Å²) in [5.74, 6) is -0.550. The first-order valence-electron chi connectivity index (χ1n) is 15.4. The number of ether oxygens (including phenoxy) is 4. The van der Waals surface area contributed by atoms with Gasteiger partial charge in [0.2, 0.25) is 5.82 Å². The first-order valence-corrected chi connectivity index (χ1v) is 15.8. The lowest BCUT2D eigenvalue weighted by Crippen LogP contribution is -2.39. The minimum atomic E-state index is -1.30. The second kappa shape index (κ2) is 14.9. The molecule has 6 rings (SSSR count). The van der Waals surface area contributed by atoms with Crippen molar-refractivity contribution >= 4 is 23.5 Å². The Hall–Kier alpha value is -4.29. The lowest BCUT2D eigenvalue weighted by atomic mass is 9.98. The number of halogens is 1. The van der Waals surface area contributed by atoms with Gasteiger partial charge in [0.05, 0.1) is 18.6 Å². The molecule has 0 saturated carbocycles. The van der Waals surface area contributed by atoms with Crippen LogP contribution in [-0.2, 0) is 41.5 Å². The molecule has 4 heterocycles. The van der Waals surface area contributed by atoms with Gasteiger partial charge >= 0.3 is 11.9 Å². The molecule has 0 amide bonds. The maximum absolute atomic E-state index is 13.5. The predicted octanol–water partition coefficient (Wildman–Crippen LogP) is 3.41. The smallest absolute Gasteiger partial charge is 0.359 e. The molecule has 2 aliphatic rings. The lowest BCUT2D eigenvalue weighted by Gasteiger charge is -2.20. The number of carbonyl (C=O) groups is 2. The Kier molecular flexibility index (Phi) is 10.4. The number of benzene rings is 2. The fourth-order valence-electron chi connectivity index (χ4n) is 5.79. The van der Waals surface area contributed by atoms with Gasteiger partial charge in [0.25, 0.3) is 0 Å². The molecule has 16 nitrogen and oxygen atoms in total. The van der Waals surface area contributed by atoms with Crippen LogP contribution in [0.5, 0.6) is 0 Å². The number of esters is 2. The summed E-state index contributed by atoms with van der Waals surface area (Å²) < 4.78 is 24.0. The normalized spacial score (nSPS) is 21.0. The first-order chi connectivity index (χ1) is 23.2. The fraction of sp³-hybridized carbons (Fsp3) is 0.419. The Balaban J connectivity index is 1.15.